The summed E-state index contributed by atoms with van der Waals surface area (Å²) < 4.78 is 5.76. The molecule has 5 nitrogen and oxygen atoms in total. The molecule has 0 atom stereocenters. The SMILES string of the molecule is N#CC(=Nc1ccc(OCc2ccccc2)cc1)/C(N)=C(\N)C1CCCC1. The maximum atomic E-state index is 9.44. The molecule has 0 unspecified atom stereocenters. The highest BCUT2D eigenvalue weighted by Crippen LogP contribution is 2.30. The predicted molar refractivity (Wildman–Crippen MR) is 107 cm³/mol. The first-order chi connectivity index (χ1) is 13.2. The van der Waals surface area contributed by atoms with Crippen molar-refractivity contribution in [3.05, 3.63) is 71.6 Å². The van der Waals surface area contributed by atoms with E-state index in [4.69, 9.17) is 16.2 Å². The maximum Gasteiger partial charge on any atom is 0.165 e. The summed E-state index contributed by atoms with van der Waals surface area (Å²) in [7, 11) is 0. The number of nitrogens with zero attached hydrogens (tertiary/aromatic N) is 2. The zero-order valence-electron chi connectivity index (χ0n) is 15.3. The van der Waals surface area contributed by atoms with Crippen LogP contribution in [-0.4, -0.2) is 5.71 Å². The van der Waals surface area contributed by atoms with Crippen LogP contribution in [-0.2, 0) is 6.61 Å². The fourth-order valence-corrected chi connectivity index (χ4v) is 3.23. The van der Waals surface area contributed by atoms with Gasteiger partial charge in [0.25, 0.3) is 0 Å². The van der Waals surface area contributed by atoms with Crippen LogP contribution in [0.5, 0.6) is 5.75 Å². The summed E-state index contributed by atoms with van der Waals surface area (Å²) in [6, 6.07) is 19.3. The summed E-state index contributed by atoms with van der Waals surface area (Å²) in [6.45, 7) is 0.501. The minimum Gasteiger partial charge on any atom is -0.489 e. The normalized spacial score (nSPS) is 15.9. The predicted octanol–water partition coefficient (Wildman–Crippen LogP) is 4.18. The van der Waals surface area contributed by atoms with E-state index in [1.165, 1.54) is 0 Å². The van der Waals surface area contributed by atoms with Crippen molar-refractivity contribution < 1.29 is 4.74 Å². The molecule has 27 heavy (non-hydrogen) atoms. The van der Waals surface area contributed by atoms with Gasteiger partial charge in [0.2, 0.25) is 0 Å². The van der Waals surface area contributed by atoms with Crippen molar-refractivity contribution in [3.63, 3.8) is 0 Å². The topological polar surface area (TPSA) is 97.4 Å². The quantitative estimate of drug-likeness (QED) is 0.755. The Morgan fingerprint density at radius 1 is 1.04 bits per heavy atom. The summed E-state index contributed by atoms with van der Waals surface area (Å²) >= 11 is 0. The van der Waals surface area contributed by atoms with Gasteiger partial charge < -0.3 is 16.2 Å². The first-order valence-corrected chi connectivity index (χ1v) is 9.18. The lowest BCUT2D eigenvalue weighted by atomic mass is 10.0. The fraction of sp³-hybridized carbons (Fsp3) is 0.273. The summed E-state index contributed by atoms with van der Waals surface area (Å²) in [6.07, 6.45) is 4.36. The van der Waals surface area contributed by atoms with Crippen LogP contribution >= 0.6 is 0 Å². The standard InChI is InChI=1S/C22H24N4O/c23-14-20(22(25)21(24)17-8-4-5-9-17)26-18-10-12-19(13-11-18)27-15-16-6-2-1-3-7-16/h1-3,6-7,10-13,17H,4-5,8-9,15,24-25H2/b22-21+,26-20?. The Bertz CT molecular complexity index is 857. The number of hydrogen-bond donors (Lipinski definition) is 2. The smallest absolute Gasteiger partial charge is 0.165 e. The van der Waals surface area contributed by atoms with Crippen molar-refractivity contribution >= 4 is 11.4 Å². The molecule has 2 aromatic carbocycles. The average molecular weight is 360 g/mol. The first kappa shape index (κ1) is 18.5. The van der Waals surface area contributed by atoms with E-state index in [2.05, 4.69) is 11.1 Å². The van der Waals surface area contributed by atoms with Crippen molar-refractivity contribution in [3.8, 4) is 11.8 Å². The molecule has 5 heteroatoms. The summed E-state index contributed by atoms with van der Waals surface area (Å²) in [5, 5.41) is 9.44. The van der Waals surface area contributed by atoms with Gasteiger partial charge in [-0.3, -0.25) is 0 Å². The molecular weight excluding hydrogens is 336 g/mol. The monoisotopic (exact) mass is 360 g/mol. The zero-order valence-corrected chi connectivity index (χ0v) is 15.3. The number of ether oxygens (including phenoxy) is 1. The summed E-state index contributed by atoms with van der Waals surface area (Å²) in [5.41, 5.74) is 15.1. The van der Waals surface area contributed by atoms with Crippen molar-refractivity contribution in [1.82, 2.24) is 0 Å². The van der Waals surface area contributed by atoms with Gasteiger partial charge in [0.05, 0.1) is 11.4 Å². The molecule has 0 spiro atoms. The van der Waals surface area contributed by atoms with Crippen LogP contribution in [0, 0.1) is 17.2 Å². The average Bonchev–Trinajstić information content (AvgIpc) is 3.26. The lowest BCUT2D eigenvalue weighted by Crippen LogP contribution is -2.21. The van der Waals surface area contributed by atoms with E-state index < -0.39 is 0 Å². The maximum absolute atomic E-state index is 9.44. The minimum atomic E-state index is 0.164. The Labute approximate surface area is 160 Å². The van der Waals surface area contributed by atoms with Gasteiger partial charge in [0.15, 0.2) is 5.71 Å². The van der Waals surface area contributed by atoms with E-state index in [1.54, 1.807) is 12.1 Å². The Morgan fingerprint density at radius 2 is 1.70 bits per heavy atom. The Balaban J connectivity index is 1.69. The number of rotatable bonds is 6. The van der Waals surface area contributed by atoms with Gasteiger partial charge in [-0.2, -0.15) is 5.26 Å². The molecule has 1 aliphatic carbocycles. The summed E-state index contributed by atoms with van der Waals surface area (Å²) in [5.74, 6) is 1.00. The van der Waals surface area contributed by atoms with Gasteiger partial charge in [-0.1, -0.05) is 43.2 Å². The molecule has 1 saturated carbocycles. The molecule has 2 aromatic rings. The molecule has 138 valence electrons. The van der Waals surface area contributed by atoms with Crippen LogP contribution in [0.25, 0.3) is 0 Å². The molecule has 0 saturated heterocycles. The molecule has 0 amide bonds. The Hall–Kier alpha value is -3.26. The highest BCUT2D eigenvalue weighted by molar-refractivity contribution is 6.12. The molecule has 4 N–H and O–H groups in total. The van der Waals surface area contributed by atoms with Crippen LogP contribution in [0.1, 0.15) is 31.2 Å². The van der Waals surface area contributed by atoms with Gasteiger partial charge in [-0.05, 0) is 42.7 Å². The number of aliphatic imine (C=N–C) groups is 1. The highest BCUT2D eigenvalue weighted by atomic mass is 16.5. The number of benzene rings is 2. The van der Waals surface area contributed by atoms with Gasteiger partial charge in [0, 0.05) is 11.6 Å². The van der Waals surface area contributed by atoms with Crippen LogP contribution in [0.4, 0.5) is 5.69 Å². The highest BCUT2D eigenvalue weighted by Gasteiger charge is 2.21. The molecule has 1 fully saturated rings. The second-order valence-corrected chi connectivity index (χ2v) is 6.69. The third-order valence-corrected chi connectivity index (χ3v) is 4.79. The van der Waals surface area contributed by atoms with Gasteiger partial charge >= 0.3 is 0 Å². The van der Waals surface area contributed by atoms with Crippen LogP contribution in [0.3, 0.4) is 0 Å². The van der Waals surface area contributed by atoms with Crippen molar-refractivity contribution in [1.29, 1.82) is 5.26 Å². The number of nitriles is 1. The van der Waals surface area contributed by atoms with Gasteiger partial charge in [-0.25, -0.2) is 4.99 Å². The van der Waals surface area contributed by atoms with Crippen molar-refractivity contribution in [2.24, 2.45) is 22.4 Å². The third-order valence-electron chi connectivity index (χ3n) is 4.79. The Kier molecular flexibility index (Phi) is 6.11. The lowest BCUT2D eigenvalue weighted by Gasteiger charge is -2.12. The molecule has 0 radical (unpaired) electrons. The van der Waals surface area contributed by atoms with Crippen LogP contribution < -0.4 is 16.2 Å². The first-order valence-electron chi connectivity index (χ1n) is 9.18. The molecule has 0 aliphatic heterocycles. The van der Waals surface area contributed by atoms with Crippen molar-refractivity contribution in [2.75, 3.05) is 0 Å². The Morgan fingerprint density at radius 3 is 2.33 bits per heavy atom. The molecule has 0 aromatic heterocycles. The molecule has 3 rings (SSSR count). The van der Waals surface area contributed by atoms with Crippen LogP contribution in [0.15, 0.2) is 71.0 Å². The summed E-state index contributed by atoms with van der Waals surface area (Å²) in [4.78, 5) is 4.37. The molecule has 0 bridgehead atoms. The van der Waals surface area contributed by atoms with E-state index in [1.807, 2.05) is 42.5 Å². The number of nitrogens with two attached hydrogens (primary N) is 2. The third kappa shape index (κ3) is 4.89. The van der Waals surface area contributed by atoms with E-state index in [0.29, 0.717) is 23.7 Å². The largest absolute Gasteiger partial charge is 0.489 e. The van der Waals surface area contributed by atoms with E-state index in [-0.39, 0.29) is 11.6 Å². The van der Waals surface area contributed by atoms with E-state index >= 15 is 0 Å². The van der Waals surface area contributed by atoms with Crippen LogP contribution in [0.2, 0.25) is 0 Å². The molecular formula is C22H24N4O. The minimum absolute atomic E-state index is 0.164. The van der Waals surface area contributed by atoms with E-state index in [0.717, 1.165) is 37.0 Å². The molecule has 1 aliphatic rings. The fourth-order valence-electron chi connectivity index (χ4n) is 3.23. The van der Waals surface area contributed by atoms with Gasteiger partial charge in [0.1, 0.15) is 18.4 Å². The second-order valence-electron chi connectivity index (χ2n) is 6.69. The van der Waals surface area contributed by atoms with E-state index in [9.17, 15) is 5.26 Å². The number of allylic oxidation sites excluding steroid dienone is 2. The lowest BCUT2D eigenvalue weighted by molar-refractivity contribution is 0.306. The van der Waals surface area contributed by atoms with Gasteiger partial charge in [-0.15, -0.1) is 0 Å². The van der Waals surface area contributed by atoms with Crippen molar-refractivity contribution in [2.45, 2.75) is 32.3 Å². The zero-order chi connectivity index (χ0) is 19.1. The molecule has 0 heterocycles. The number of hydrogen-bond acceptors (Lipinski definition) is 5. The second kappa shape index (κ2) is 8.91.